The van der Waals surface area contributed by atoms with E-state index in [1.165, 1.54) is 37.5 Å². The Hall–Kier alpha value is -0.450. The molecular formula is C13H23N3S. The van der Waals surface area contributed by atoms with Gasteiger partial charge in [-0.25, -0.2) is 4.98 Å². The van der Waals surface area contributed by atoms with E-state index in [1.807, 2.05) is 0 Å². The van der Waals surface area contributed by atoms with Gasteiger partial charge in [-0.2, -0.15) is 0 Å². The molecule has 2 rings (SSSR count). The zero-order valence-electron chi connectivity index (χ0n) is 10.9. The first-order chi connectivity index (χ1) is 8.24. The maximum Gasteiger partial charge on any atom is 0.0974 e. The van der Waals surface area contributed by atoms with E-state index in [2.05, 4.69) is 29.1 Å². The van der Waals surface area contributed by atoms with Crippen molar-refractivity contribution < 1.29 is 0 Å². The van der Waals surface area contributed by atoms with Crippen molar-refractivity contribution in [3.8, 4) is 0 Å². The van der Waals surface area contributed by atoms with Gasteiger partial charge in [-0.3, -0.25) is 0 Å². The minimum Gasteiger partial charge on any atom is -0.330 e. The molecule has 1 aromatic rings. The number of nitrogens with zero attached hydrogens (tertiary/aromatic N) is 2. The van der Waals surface area contributed by atoms with E-state index in [9.17, 15) is 0 Å². The van der Waals surface area contributed by atoms with E-state index in [-0.39, 0.29) is 0 Å². The normalized spacial score (nSPS) is 20.6. The predicted octanol–water partition coefficient (Wildman–Crippen LogP) is 2.23. The van der Waals surface area contributed by atoms with Crippen LogP contribution in [0.4, 0.5) is 0 Å². The summed E-state index contributed by atoms with van der Waals surface area (Å²) < 4.78 is 0. The Balaban J connectivity index is 2.00. The lowest BCUT2D eigenvalue weighted by Crippen LogP contribution is -2.36. The monoisotopic (exact) mass is 253 g/mol. The summed E-state index contributed by atoms with van der Waals surface area (Å²) in [6, 6.07) is 0. The largest absolute Gasteiger partial charge is 0.330 e. The molecule has 1 aromatic heterocycles. The fraction of sp³-hybridized carbons (Fsp3) is 0.769. The third-order valence-corrected chi connectivity index (χ3v) is 4.95. The van der Waals surface area contributed by atoms with Crippen molar-refractivity contribution in [1.82, 2.24) is 9.88 Å². The molecular weight excluding hydrogens is 230 g/mol. The Morgan fingerprint density at radius 1 is 1.53 bits per heavy atom. The molecule has 1 aliphatic heterocycles. The van der Waals surface area contributed by atoms with Gasteiger partial charge in [0.15, 0.2) is 0 Å². The Kier molecular flexibility index (Phi) is 4.54. The van der Waals surface area contributed by atoms with Gasteiger partial charge in [-0.05, 0) is 45.3 Å². The lowest BCUT2D eigenvalue weighted by molar-refractivity contribution is 0.176. The van der Waals surface area contributed by atoms with Gasteiger partial charge in [0.2, 0.25) is 0 Å². The third kappa shape index (κ3) is 3.06. The lowest BCUT2D eigenvalue weighted by Gasteiger charge is -2.34. The first-order valence-corrected chi connectivity index (χ1v) is 7.47. The fourth-order valence-corrected chi connectivity index (χ4v) is 3.71. The molecule has 0 saturated carbocycles. The molecule has 0 aliphatic carbocycles. The second-order valence-electron chi connectivity index (χ2n) is 4.94. The van der Waals surface area contributed by atoms with Crippen molar-refractivity contribution in [2.45, 2.75) is 32.6 Å². The van der Waals surface area contributed by atoms with Gasteiger partial charge in [0.25, 0.3) is 0 Å². The number of piperidine rings is 1. The number of hydrogen-bond donors (Lipinski definition) is 1. The van der Waals surface area contributed by atoms with Gasteiger partial charge < -0.3 is 10.6 Å². The van der Waals surface area contributed by atoms with Crippen molar-refractivity contribution in [3.05, 3.63) is 16.1 Å². The summed E-state index contributed by atoms with van der Waals surface area (Å²) >= 11 is 1.78. The maximum absolute atomic E-state index is 5.97. The fourth-order valence-electron chi connectivity index (χ4n) is 2.71. The molecule has 4 heteroatoms. The molecule has 2 heterocycles. The minimum atomic E-state index is 0.479. The van der Waals surface area contributed by atoms with Crippen LogP contribution in [-0.4, -0.2) is 36.1 Å². The predicted molar refractivity (Wildman–Crippen MR) is 73.5 cm³/mol. The molecule has 0 amide bonds. The Labute approximate surface area is 108 Å². The topological polar surface area (TPSA) is 42.1 Å². The molecule has 2 N–H and O–H groups in total. The third-order valence-electron chi connectivity index (χ3n) is 3.86. The molecule has 0 radical (unpaired) electrons. The average Bonchev–Trinajstić information content (AvgIpc) is 2.78. The van der Waals surface area contributed by atoms with Gasteiger partial charge in [-0.1, -0.05) is 6.92 Å². The van der Waals surface area contributed by atoms with Gasteiger partial charge >= 0.3 is 0 Å². The van der Waals surface area contributed by atoms with Gasteiger partial charge in [-0.15, -0.1) is 11.3 Å². The first kappa shape index (κ1) is 13.0. The number of likely N-dealkylation sites (tertiary alicyclic amines) is 1. The van der Waals surface area contributed by atoms with Crippen LogP contribution in [0.5, 0.6) is 0 Å². The number of rotatable bonds is 4. The molecule has 0 spiro atoms. The number of nitrogens with two attached hydrogens (primary N) is 1. The molecule has 1 unspecified atom stereocenters. The highest BCUT2D eigenvalue weighted by molar-refractivity contribution is 7.09. The Bertz CT molecular complexity index is 342. The zero-order chi connectivity index (χ0) is 12.3. The van der Waals surface area contributed by atoms with Crippen LogP contribution < -0.4 is 5.73 Å². The summed E-state index contributed by atoms with van der Waals surface area (Å²) in [7, 11) is 0. The summed E-state index contributed by atoms with van der Waals surface area (Å²) in [6.45, 7) is 8.67. The summed E-state index contributed by atoms with van der Waals surface area (Å²) in [5.41, 5.74) is 7.10. The molecule has 1 aliphatic rings. The van der Waals surface area contributed by atoms with Gasteiger partial charge in [0.1, 0.15) is 0 Å². The van der Waals surface area contributed by atoms with E-state index in [0.29, 0.717) is 5.92 Å². The summed E-state index contributed by atoms with van der Waals surface area (Å²) in [5.74, 6) is 1.21. The average molecular weight is 253 g/mol. The standard InChI is InChI=1S/C13H23N3S/c1-3-16-6-4-11(5-7-16)12(8-14)13-15-10(2)9-17-13/h9,11-12H,3-8,14H2,1-2H3. The second kappa shape index (κ2) is 5.94. The molecule has 1 atom stereocenters. The highest BCUT2D eigenvalue weighted by Gasteiger charge is 2.27. The van der Waals surface area contributed by atoms with Gasteiger partial charge in [0.05, 0.1) is 5.01 Å². The second-order valence-corrected chi connectivity index (χ2v) is 5.83. The van der Waals surface area contributed by atoms with Crippen LogP contribution in [-0.2, 0) is 0 Å². The highest BCUT2D eigenvalue weighted by atomic mass is 32.1. The minimum absolute atomic E-state index is 0.479. The molecule has 0 bridgehead atoms. The zero-order valence-corrected chi connectivity index (χ0v) is 11.7. The van der Waals surface area contributed by atoms with Crippen molar-refractivity contribution in [1.29, 1.82) is 0 Å². The lowest BCUT2D eigenvalue weighted by atomic mass is 9.84. The van der Waals surface area contributed by atoms with Crippen LogP contribution in [0.25, 0.3) is 0 Å². The van der Waals surface area contributed by atoms with E-state index < -0.39 is 0 Å². The number of aryl methyl sites for hydroxylation is 1. The molecule has 1 saturated heterocycles. The van der Waals surface area contributed by atoms with E-state index in [1.54, 1.807) is 11.3 Å². The molecule has 1 fully saturated rings. The van der Waals surface area contributed by atoms with Crippen molar-refractivity contribution >= 4 is 11.3 Å². The number of aromatic nitrogens is 1. The molecule has 96 valence electrons. The summed E-state index contributed by atoms with van der Waals surface area (Å²) in [6.07, 6.45) is 2.54. The summed E-state index contributed by atoms with van der Waals surface area (Å²) in [5, 5.41) is 3.39. The quantitative estimate of drug-likeness (QED) is 0.894. The van der Waals surface area contributed by atoms with Crippen LogP contribution in [0, 0.1) is 12.8 Å². The Morgan fingerprint density at radius 3 is 2.71 bits per heavy atom. The number of hydrogen-bond acceptors (Lipinski definition) is 4. The van der Waals surface area contributed by atoms with Crippen LogP contribution in [0.15, 0.2) is 5.38 Å². The van der Waals surface area contributed by atoms with Crippen LogP contribution in [0.2, 0.25) is 0 Å². The van der Waals surface area contributed by atoms with Crippen molar-refractivity contribution in [3.63, 3.8) is 0 Å². The van der Waals surface area contributed by atoms with Crippen LogP contribution >= 0.6 is 11.3 Å². The van der Waals surface area contributed by atoms with Crippen LogP contribution in [0.1, 0.15) is 36.4 Å². The first-order valence-electron chi connectivity index (χ1n) is 6.59. The summed E-state index contributed by atoms with van der Waals surface area (Å²) in [4.78, 5) is 7.15. The highest BCUT2D eigenvalue weighted by Crippen LogP contribution is 2.33. The van der Waals surface area contributed by atoms with Crippen molar-refractivity contribution in [2.24, 2.45) is 11.7 Å². The molecule has 17 heavy (non-hydrogen) atoms. The van der Waals surface area contributed by atoms with Crippen molar-refractivity contribution in [2.75, 3.05) is 26.2 Å². The SMILES string of the molecule is CCN1CCC(C(CN)c2nc(C)cs2)CC1. The van der Waals surface area contributed by atoms with Gasteiger partial charge in [0, 0.05) is 23.5 Å². The Morgan fingerprint density at radius 2 is 2.24 bits per heavy atom. The van der Waals surface area contributed by atoms with Crippen LogP contribution in [0.3, 0.4) is 0 Å². The van der Waals surface area contributed by atoms with E-state index in [0.717, 1.165) is 18.2 Å². The van der Waals surface area contributed by atoms with E-state index in [4.69, 9.17) is 5.73 Å². The van der Waals surface area contributed by atoms with E-state index >= 15 is 0 Å². The molecule has 0 aromatic carbocycles. The number of thiazole rings is 1. The molecule has 3 nitrogen and oxygen atoms in total. The maximum atomic E-state index is 5.97. The smallest absolute Gasteiger partial charge is 0.0974 e.